The van der Waals surface area contributed by atoms with Gasteiger partial charge in [-0.25, -0.2) is 0 Å². The molecule has 0 aliphatic carbocycles. The summed E-state index contributed by atoms with van der Waals surface area (Å²) in [4.78, 5) is 57.8. The van der Waals surface area contributed by atoms with Gasteiger partial charge < -0.3 is 49.3 Å². The first-order chi connectivity index (χ1) is 12.6. The smallest absolute Gasteiger partial charge is 0.339 e. The third-order valence-corrected chi connectivity index (χ3v) is 3.45. The van der Waals surface area contributed by atoms with Gasteiger partial charge in [0.05, 0.1) is 24.5 Å². The van der Waals surface area contributed by atoms with Crippen molar-refractivity contribution in [2.75, 3.05) is 25.7 Å². The molecular weight excluding hydrogens is 420 g/mol. The van der Waals surface area contributed by atoms with Gasteiger partial charge in [0.1, 0.15) is 7.60 Å². The van der Waals surface area contributed by atoms with Gasteiger partial charge in [0.15, 0.2) is 0 Å². The van der Waals surface area contributed by atoms with Crippen molar-refractivity contribution in [3.8, 4) is 0 Å². The van der Waals surface area contributed by atoms with E-state index in [0.29, 0.717) is 0 Å². The molecule has 1 unspecified atom stereocenters. The van der Waals surface area contributed by atoms with E-state index >= 15 is 0 Å². The zero-order chi connectivity index (χ0) is 22.4. The molecule has 28 heavy (non-hydrogen) atoms. The van der Waals surface area contributed by atoms with Gasteiger partial charge >= 0.3 is 7.60 Å². The predicted molar refractivity (Wildman–Crippen MR) is 91.3 cm³/mol. The van der Waals surface area contributed by atoms with E-state index in [0.717, 1.165) is 11.4 Å². The molecule has 0 spiro atoms. The number of carboxylic acid groups (broad SMARTS) is 2. The molecule has 0 saturated heterocycles. The van der Waals surface area contributed by atoms with E-state index in [2.05, 4.69) is 10.3 Å². The van der Waals surface area contributed by atoms with E-state index in [1.54, 1.807) is 0 Å². The number of carbonyl (C=O) groups is 2. The lowest BCUT2D eigenvalue weighted by Crippen LogP contribution is -2.40. The highest BCUT2D eigenvalue weighted by Crippen LogP contribution is 2.33. The molecule has 0 bridgehead atoms. The largest absolute Gasteiger partial charge is 0.778 e. The monoisotopic (exact) mass is 442 g/mol. The van der Waals surface area contributed by atoms with Gasteiger partial charge in [-0.2, -0.15) is 0 Å². The topological polar surface area (TPSA) is 235 Å². The van der Waals surface area contributed by atoms with Gasteiger partial charge in [0.2, 0.25) is 0 Å². The molecule has 13 nitrogen and oxygen atoms in total. The molecule has 1 heterocycles. The maximum Gasteiger partial charge on any atom is 0.339 e. The lowest BCUT2D eigenvalue weighted by molar-refractivity contribution is -0.306. The highest BCUT2D eigenvalue weighted by atomic mass is 31.2. The van der Waals surface area contributed by atoms with Crippen molar-refractivity contribution < 1.29 is 48.5 Å². The Labute approximate surface area is 161 Å². The molecule has 162 valence electrons. The number of carbonyl (C=O) groups excluding carboxylic acids is 2. The molecule has 1 rings (SSSR count). The molecule has 0 amide bonds. The Kier molecular flexibility index (Phi) is 14.6. The number of carboxylic acids is 2. The number of pyridine rings is 1. The standard InChI is InChI=1S/C7H9N.C4H7NO4.C2H9NO6P2/c1-6-4-3-5-7(2)8-6;6-3(7)1-5-2-4(8)9;4-10(5,6)1-3-2-11(7,8)9/h3-5H,1-2H3;5H,1-2H2,(H,6,7)(H,8,9);3H,1-2H2,(H2,4,5,6)(H2,7,8,9)/p-3. The molecule has 0 aliphatic heterocycles. The predicted octanol–water partition coefficient (Wildman–Crippen LogP) is -4.01. The summed E-state index contributed by atoms with van der Waals surface area (Å²) in [6, 6.07) is 6.00. The molecule has 1 aromatic rings. The van der Waals surface area contributed by atoms with Gasteiger partial charge in [-0.15, -0.1) is 0 Å². The van der Waals surface area contributed by atoms with Crippen LogP contribution < -0.4 is 25.7 Å². The Morgan fingerprint density at radius 1 is 0.964 bits per heavy atom. The number of aryl methyl sites for hydroxylation is 2. The van der Waals surface area contributed by atoms with Crippen molar-refractivity contribution in [2.45, 2.75) is 13.8 Å². The van der Waals surface area contributed by atoms with Crippen LogP contribution in [0, 0.1) is 13.8 Å². The fourth-order valence-corrected chi connectivity index (χ4v) is 2.26. The van der Waals surface area contributed by atoms with Crippen LogP contribution in [-0.2, 0) is 18.7 Å². The molecule has 5 N–H and O–H groups in total. The molecule has 0 saturated carbocycles. The Hall–Kier alpha value is -1.69. The molecule has 0 radical (unpaired) electrons. The lowest BCUT2D eigenvalue weighted by Gasteiger charge is -2.15. The van der Waals surface area contributed by atoms with Crippen LogP contribution in [0.4, 0.5) is 0 Å². The number of aliphatic carboxylic acids is 2. The first-order valence-corrected chi connectivity index (χ1v) is 11.0. The van der Waals surface area contributed by atoms with Crippen molar-refractivity contribution in [3.63, 3.8) is 0 Å². The summed E-state index contributed by atoms with van der Waals surface area (Å²) < 4.78 is 20.1. The van der Waals surface area contributed by atoms with E-state index in [4.69, 9.17) is 14.7 Å². The number of hydrogen-bond acceptors (Lipinski definition) is 10. The summed E-state index contributed by atoms with van der Waals surface area (Å²) in [6.07, 6.45) is -1.60. The summed E-state index contributed by atoms with van der Waals surface area (Å²) in [7, 11) is -8.69. The van der Waals surface area contributed by atoms with Gasteiger partial charge in [0.25, 0.3) is 0 Å². The van der Waals surface area contributed by atoms with Crippen LogP contribution in [0.2, 0.25) is 0 Å². The summed E-state index contributed by atoms with van der Waals surface area (Å²) >= 11 is 0. The average Bonchev–Trinajstić information content (AvgIpc) is 2.44. The minimum atomic E-state index is -4.46. The molecule has 1 aromatic heterocycles. The molecule has 0 aliphatic rings. The fraction of sp³-hybridized carbons (Fsp3) is 0.462. The zero-order valence-electron chi connectivity index (χ0n) is 15.1. The van der Waals surface area contributed by atoms with Crippen molar-refractivity contribution in [1.82, 2.24) is 15.6 Å². The molecule has 0 aromatic carbocycles. The Morgan fingerprint density at radius 3 is 1.64 bits per heavy atom. The van der Waals surface area contributed by atoms with Crippen molar-refractivity contribution in [2.24, 2.45) is 0 Å². The Balaban J connectivity index is 0. The summed E-state index contributed by atoms with van der Waals surface area (Å²) in [5, 5.41) is 23.1. The van der Waals surface area contributed by atoms with Crippen LogP contribution in [0.5, 0.6) is 0 Å². The SMILES string of the molecule is Cc1cccc(C)n1.O=C([O-])CNCC(=O)[O-].O=P([O-])(O)CNCP(=O)(O)O. The van der Waals surface area contributed by atoms with Crippen molar-refractivity contribution >= 4 is 27.1 Å². The highest BCUT2D eigenvalue weighted by molar-refractivity contribution is 7.52. The molecule has 15 heteroatoms. The number of nitrogens with one attached hydrogen (secondary N) is 2. The van der Waals surface area contributed by atoms with E-state index in [1.807, 2.05) is 37.4 Å². The second kappa shape index (κ2) is 14.3. The normalized spacial score (nSPS) is 12.5. The summed E-state index contributed by atoms with van der Waals surface area (Å²) in [5.74, 6) is -2.67. The third-order valence-electron chi connectivity index (χ3n) is 2.20. The second-order valence-corrected chi connectivity index (χ2v) is 8.37. The van der Waals surface area contributed by atoms with Crippen molar-refractivity contribution in [1.29, 1.82) is 0 Å². The molecule has 1 atom stereocenters. The Bertz CT molecular complexity index is 650. The van der Waals surface area contributed by atoms with Crippen LogP contribution in [0.25, 0.3) is 0 Å². The first kappa shape index (κ1) is 28.5. The number of hydrogen-bond donors (Lipinski definition) is 5. The highest BCUT2D eigenvalue weighted by Gasteiger charge is 2.12. The fourth-order valence-electron chi connectivity index (χ4n) is 1.28. The van der Waals surface area contributed by atoms with Crippen molar-refractivity contribution in [3.05, 3.63) is 29.6 Å². The third kappa shape index (κ3) is 26.5. The van der Waals surface area contributed by atoms with Gasteiger partial charge in [-0.1, -0.05) is 6.07 Å². The number of nitrogens with zero attached hydrogens (tertiary/aromatic N) is 1. The lowest BCUT2D eigenvalue weighted by atomic mass is 10.3. The van der Waals surface area contributed by atoms with Crippen LogP contribution >= 0.6 is 15.2 Å². The van der Waals surface area contributed by atoms with E-state index < -0.39 is 52.8 Å². The minimum Gasteiger partial charge on any atom is -0.778 e. The van der Waals surface area contributed by atoms with Gasteiger partial charge in [-0.05, 0) is 26.0 Å². The van der Waals surface area contributed by atoms with Crippen LogP contribution in [-0.4, -0.2) is 57.3 Å². The quantitative estimate of drug-likeness (QED) is 0.242. The van der Waals surface area contributed by atoms with Gasteiger partial charge in [0, 0.05) is 24.5 Å². The first-order valence-electron chi connectivity index (χ1n) is 7.41. The van der Waals surface area contributed by atoms with Crippen LogP contribution in [0.1, 0.15) is 11.4 Å². The average molecular weight is 442 g/mol. The van der Waals surface area contributed by atoms with E-state index in [1.165, 1.54) is 0 Å². The van der Waals surface area contributed by atoms with Crippen LogP contribution in [0.15, 0.2) is 18.2 Å². The van der Waals surface area contributed by atoms with E-state index in [-0.39, 0.29) is 0 Å². The summed E-state index contributed by atoms with van der Waals surface area (Å²) in [6.45, 7) is 3.06. The molecular formula is C13H22N3O10P2-3. The Morgan fingerprint density at radius 2 is 1.39 bits per heavy atom. The second-order valence-electron chi connectivity index (χ2n) is 5.14. The summed E-state index contributed by atoms with van der Waals surface area (Å²) in [5.41, 5.74) is 2.18. The van der Waals surface area contributed by atoms with Crippen LogP contribution in [0.3, 0.4) is 0 Å². The molecule has 0 fully saturated rings. The minimum absolute atomic E-state index is 0.464. The number of rotatable bonds is 8. The zero-order valence-corrected chi connectivity index (χ0v) is 16.9. The maximum absolute atomic E-state index is 10.1. The van der Waals surface area contributed by atoms with E-state index in [9.17, 15) is 33.8 Å². The maximum atomic E-state index is 10.1. The number of aromatic nitrogens is 1. The van der Waals surface area contributed by atoms with Gasteiger partial charge in [-0.3, -0.25) is 14.9 Å².